The van der Waals surface area contributed by atoms with E-state index in [1.165, 1.54) is 6.07 Å². The molecule has 37 heavy (non-hydrogen) atoms. The quantitative estimate of drug-likeness (QED) is 0.152. The Morgan fingerprint density at radius 1 is 0.784 bits per heavy atom. The van der Waals surface area contributed by atoms with Crippen molar-refractivity contribution >= 4 is 77.2 Å². The third-order valence-corrected chi connectivity index (χ3v) is 6.44. The summed E-state index contributed by atoms with van der Waals surface area (Å²) in [5.41, 5.74) is -0.00688. The molecule has 0 fully saturated rings. The number of hydrogen-bond acceptors (Lipinski definition) is 12. The summed E-state index contributed by atoms with van der Waals surface area (Å²) >= 11 is 11.5. The van der Waals surface area contributed by atoms with E-state index >= 15 is 0 Å². The van der Waals surface area contributed by atoms with Crippen LogP contribution in [0.25, 0.3) is 10.8 Å². The van der Waals surface area contributed by atoms with Crippen molar-refractivity contribution in [2.24, 2.45) is 10.2 Å². The molecule has 1 N–H and O–H groups in total. The SMILES string of the molecule is O=S(=O)([O-])c1cc(Nc2nc(Cl)nc(Cl)n2)c2cc(N=Nc3ccccc3)c(S(=O)(=O)[O-])cc2c1.[Na+].[Na+]. The van der Waals surface area contributed by atoms with E-state index in [1.807, 2.05) is 0 Å². The number of nitrogens with zero attached hydrogens (tertiary/aromatic N) is 5. The number of benzene rings is 3. The van der Waals surface area contributed by atoms with Gasteiger partial charge < -0.3 is 14.4 Å². The average molecular weight is 599 g/mol. The summed E-state index contributed by atoms with van der Waals surface area (Å²) < 4.78 is 70.9. The van der Waals surface area contributed by atoms with Crippen LogP contribution in [0.4, 0.5) is 23.0 Å². The van der Waals surface area contributed by atoms with Gasteiger partial charge in [-0.15, -0.1) is 5.11 Å². The van der Waals surface area contributed by atoms with Gasteiger partial charge in [-0.3, -0.25) is 0 Å². The Hall–Kier alpha value is -1.27. The molecular weight excluding hydrogens is 589 g/mol. The number of nitrogens with one attached hydrogen (secondary N) is 1. The van der Waals surface area contributed by atoms with E-state index in [0.29, 0.717) is 5.69 Å². The fourth-order valence-electron chi connectivity index (χ4n) is 2.99. The largest absolute Gasteiger partial charge is 1.00 e. The van der Waals surface area contributed by atoms with Gasteiger partial charge >= 0.3 is 59.1 Å². The smallest absolute Gasteiger partial charge is 0.744 e. The van der Waals surface area contributed by atoms with E-state index in [2.05, 4.69) is 30.5 Å². The summed E-state index contributed by atoms with van der Waals surface area (Å²) in [5.74, 6) is -0.204. The zero-order valence-electron chi connectivity index (χ0n) is 19.0. The molecule has 0 unspecified atom stereocenters. The molecule has 3 aromatic carbocycles. The van der Waals surface area contributed by atoms with E-state index < -0.39 is 30.0 Å². The third kappa shape index (κ3) is 8.11. The van der Waals surface area contributed by atoms with Crippen molar-refractivity contribution in [3.05, 3.63) is 65.2 Å². The van der Waals surface area contributed by atoms with Crippen molar-refractivity contribution in [3.63, 3.8) is 0 Å². The van der Waals surface area contributed by atoms with E-state index in [-0.39, 0.29) is 97.8 Å². The number of hydrogen-bond donors (Lipinski definition) is 1. The molecule has 180 valence electrons. The van der Waals surface area contributed by atoms with Crippen LogP contribution in [0, 0.1) is 0 Å². The number of halogens is 2. The Morgan fingerprint density at radius 3 is 1.97 bits per heavy atom. The standard InChI is InChI=1S/C19H12Cl2N6O6S2.2Na/c20-17-23-18(21)25-19(24-17)22-14-8-12(34(28,29)30)6-10-7-16(35(31,32)33)15(9-13(10)14)27-26-11-4-2-1-3-5-11;;/h1-9H,(H,28,29,30)(H,31,32,33)(H,22,23,24,25);;/q;2*+1/p-2. The minimum atomic E-state index is -5.08. The van der Waals surface area contributed by atoms with Crippen LogP contribution in [0.1, 0.15) is 0 Å². The molecule has 0 aliphatic carbocycles. The van der Waals surface area contributed by atoms with Crippen molar-refractivity contribution in [1.29, 1.82) is 0 Å². The first-order valence-electron chi connectivity index (χ1n) is 9.25. The summed E-state index contributed by atoms with van der Waals surface area (Å²) in [6.07, 6.45) is 0. The molecule has 4 rings (SSSR count). The molecule has 0 aliphatic rings. The molecule has 12 nitrogen and oxygen atoms in total. The Bertz CT molecular complexity index is 1690. The van der Waals surface area contributed by atoms with Gasteiger partial charge in [0.2, 0.25) is 16.5 Å². The summed E-state index contributed by atoms with van der Waals surface area (Å²) in [6.45, 7) is 0. The Morgan fingerprint density at radius 2 is 1.41 bits per heavy atom. The summed E-state index contributed by atoms with van der Waals surface area (Å²) in [4.78, 5) is 9.73. The number of azo groups is 1. The van der Waals surface area contributed by atoms with Crippen LogP contribution in [0.5, 0.6) is 0 Å². The first-order valence-corrected chi connectivity index (χ1v) is 12.8. The van der Waals surface area contributed by atoms with Gasteiger partial charge in [0.25, 0.3) is 0 Å². The number of fused-ring (bicyclic) bond motifs is 1. The van der Waals surface area contributed by atoms with Crippen molar-refractivity contribution in [3.8, 4) is 0 Å². The van der Waals surface area contributed by atoms with Crippen LogP contribution in [0.2, 0.25) is 10.6 Å². The molecule has 0 atom stereocenters. The monoisotopic (exact) mass is 598 g/mol. The van der Waals surface area contributed by atoms with Crippen molar-refractivity contribution in [2.45, 2.75) is 9.79 Å². The topological polar surface area (TPSA) is 190 Å². The molecule has 0 bridgehead atoms. The van der Waals surface area contributed by atoms with Crippen LogP contribution in [0.3, 0.4) is 0 Å². The first-order chi connectivity index (χ1) is 16.4. The van der Waals surface area contributed by atoms with E-state index in [1.54, 1.807) is 30.3 Å². The number of anilines is 2. The zero-order valence-corrected chi connectivity index (χ0v) is 26.1. The Balaban J connectivity index is 0.00000241. The normalized spacial score (nSPS) is 11.7. The van der Waals surface area contributed by atoms with Crippen molar-refractivity contribution < 1.29 is 85.1 Å². The molecule has 1 heterocycles. The van der Waals surface area contributed by atoms with Crippen LogP contribution in [-0.2, 0) is 20.2 Å². The first kappa shape index (κ1) is 31.9. The predicted molar refractivity (Wildman–Crippen MR) is 124 cm³/mol. The van der Waals surface area contributed by atoms with E-state index in [9.17, 15) is 25.9 Å². The van der Waals surface area contributed by atoms with Gasteiger partial charge in [0, 0.05) is 5.39 Å². The predicted octanol–water partition coefficient (Wildman–Crippen LogP) is -1.69. The molecule has 0 saturated carbocycles. The van der Waals surface area contributed by atoms with Gasteiger partial charge in [0.05, 0.1) is 21.2 Å². The molecule has 0 radical (unpaired) electrons. The van der Waals surface area contributed by atoms with Gasteiger partial charge in [0.15, 0.2) is 0 Å². The van der Waals surface area contributed by atoms with Crippen LogP contribution in [-0.4, -0.2) is 40.9 Å². The minimum absolute atomic E-state index is 0. The number of aromatic nitrogens is 3. The molecule has 0 aliphatic heterocycles. The van der Waals surface area contributed by atoms with Gasteiger partial charge in [-0.1, -0.05) is 18.2 Å². The summed E-state index contributed by atoms with van der Waals surface area (Å²) in [5, 5.41) is 10.0. The van der Waals surface area contributed by atoms with Crippen molar-refractivity contribution in [1.82, 2.24) is 15.0 Å². The van der Waals surface area contributed by atoms with Crippen LogP contribution >= 0.6 is 23.2 Å². The maximum atomic E-state index is 11.9. The van der Waals surface area contributed by atoms with Crippen LogP contribution < -0.4 is 64.4 Å². The Kier molecular flexibility index (Phi) is 11.0. The van der Waals surface area contributed by atoms with Gasteiger partial charge in [-0.2, -0.15) is 20.1 Å². The van der Waals surface area contributed by atoms with Crippen LogP contribution in [0.15, 0.2) is 74.6 Å². The fourth-order valence-corrected chi connectivity index (χ4v) is 4.51. The second-order valence-corrected chi connectivity index (χ2v) is 10.2. The number of rotatable bonds is 6. The zero-order chi connectivity index (χ0) is 25.4. The Labute approximate surface area is 265 Å². The molecule has 0 saturated heterocycles. The second kappa shape index (κ2) is 12.7. The summed E-state index contributed by atoms with van der Waals surface area (Å²) in [7, 11) is -10.1. The van der Waals surface area contributed by atoms with Gasteiger partial charge in [-0.25, -0.2) is 16.8 Å². The molecule has 18 heteroatoms. The maximum Gasteiger partial charge on any atom is 1.00 e. The maximum absolute atomic E-state index is 11.9. The molecular formula is C19H10Cl2N6Na2O6S2. The van der Waals surface area contributed by atoms with Gasteiger partial charge in [0.1, 0.15) is 25.9 Å². The summed E-state index contributed by atoms with van der Waals surface area (Å²) in [6, 6.07) is 12.3. The van der Waals surface area contributed by atoms with E-state index in [0.717, 1.165) is 18.2 Å². The van der Waals surface area contributed by atoms with Crippen molar-refractivity contribution in [2.75, 3.05) is 5.32 Å². The molecule has 4 aromatic rings. The average Bonchev–Trinajstić information content (AvgIpc) is 2.76. The minimum Gasteiger partial charge on any atom is -0.744 e. The van der Waals surface area contributed by atoms with E-state index in [4.69, 9.17) is 23.2 Å². The molecule has 0 amide bonds. The molecule has 1 aromatic heterocycles. The molecule has 0 spiro atoms. The third-order valence-electron chi connectivity index (χ3n) is 4.42. The fraction of sp³-hybridized carbons (Fsp3) is 0. The second-order valence-electron chi connectivity index (χ2n) is 6.78. The van der Waals surface area contributed by atoms with Gasteiger partial charge in [-0.05, 0) is 65.0 Å².